The third-order valence-electron chi connectivity index (χ3n) is 7.15. The number of pyridine rings is 1. The molecule has 1 amide bonds. The van der Waals surface area contributed by atoms with Crippen molar-refractivity contribution in [3.63, 3.8) is 0 Å². The van der Waals surface area contributed by atoms with Gasteiger partial charge in [-0.2, -0.15) is 13.2 Å². The molecule has 4 bridgehead atoms. The van der Waals surface area contributed by atoms with Gasteiger partial charge in [-0.3, -0.25) is 0 Å². The first-order valence-corrected chi connectivity index (χ1v) is 10.6. The predicted molar refractivity (Wildman–Crippen MR) is 98.6 cm³/mol. The van der Waals surface area contributed by atoms with E-state index in [1.54, 1.807) is 4.90 Å². The van der Waals surface area contributed by atoms with Crippen LogP contribution in [0.2, 0.25) is 0 Å². The van der Waals surface area contributed by atoms with Gasteiger partial charge in [-0.1, -0.05) is 0 Å². The Labute approximate surface area is 172 Å². The van der Waals surface area contributed by atoms with Crippen molar-refractivity contribution in [1.29, 1.82) is 0 Å². The summed E-state index contributed by atoms with van der Waals surface area (Å²) in [7, 11) is 0. The minimum absolute atomic E-state index is 0.109. The van der Waals surface area contributed by atoms with Crippen molar-refractivity contribution in [1.82, 2.24) is 9.88 Å². The molecule has 4 aliphatic carbocycles. The second-order valence-electron chi connectivity index (χ2n) is 9.40. The number of likely N-dealkylation sites (tertiary alicyclic amines) is 1. The highest BCUT2D eigenvalue weighted by atomic mass is 19.4. The summed E-state index contributed by atoms with van der Waals surface area (Å²) in [6.07, 6.45) is 0.374. The van der Waals surface area contributed by atoms with Crippen LogP contribution in [0, 0.1) is 17.8 Å². The fourth-order valence-corrected chi connectivity index (χ4v) is 6.10. The van der Waals surface area contributed by atoms with Crippen molar-refractivity contribution >= 4 is 6.09 Å². The minimum Gasteiger partial charge on any atom is -0.472 e. The molecule has 1 aromatic rings. The summed E-state index contributed by atoms with van der Waals surface area (Å²) >= 11 is 0. The second-order valence-corrected chi connectivity index (χ2v) is 9.40. The number of aromatic nitrogens is 1. The van der Waals surface area contributed by atoms with Crippen LogP contribution >= 0.6 is 0 Å². The van der Waals surface area contributed by atoms with Crippen LogP contribution in [0.3, 0.4) is 0 Å². The second kappa shape index (κ2) is 7.00. The Morgan fingerprint density at radius 2 is 1.93 bits per heavy atom. The lowest BCUT2D eigenvalue weighted by molar-refractivity contribution is -0.177. The van der Waals surface area contributed by atoms with E-state index in [1.165, 1.54) is 6.07 Å². The summed E-state index contributed by atoms with van der Waals surface area (Å²) in [4.78, 5) is 18.0. The predicted octanol–water partition coefficient (Wildman–Crippen LogP) is 3.63. The summed E-state index contributed by atoms with van der Waals surface area (Å²) in [5.74, 6) is 1.12. The number of ether oxygens (including phenoxy) is 2. The maximum atomic E-state index is 12.7. The lowest BCUT2D eigenvalue weighted by Crippen LogP contribution is -2.58. The Morgan fingerprint density at radius 3 is 2.53 bits per heavy atom. The van der Waals surface area contributed by atoms with E-state index >= 15 is 0 Å². The molecule has 0 radical (unpaired) electrons. The van der Waals surface area contributed by atoms with Crippen molar-refractivity contribution in [3.05, 3.63) is 23.9 Å². The fraction of sp³-hybridized carbons (Fsp3) is 0.714. The maximum absolute atomic E-state index is 12.7. The van der Waals surface area contributed by atoms with E-state index in [0.29, 0.717) is 38.3 Å². The smallest absolute Gasteiger partial charge is 0.417 e. The van der Waals surface area contributed by atoms with E-state index in [0.717, 1.165) is 31.5 Å². The largest absolute Gasteiger partial charge is 0.472 e. The van der Waals surface area contributed by atoms with Gasteiger partial charge in [-0.15, -0.1) is 0 Å². The molecule has 0 spiro atoms. The van der Waals surface area contributed by atoms with E-state index in [-0.39, 0.29) is 36.0 Å². The van der Waals surface area contributed by atoms with Gasteiger partial charge in [0.15, 0.2) is 0 Å². The number of carbonyl (C=O) groups excluding carboxylic acids is 1. The van der Waals surface area contributed by atoms with Crippen LogP contribution < -0.4 is 4.74 Å². The molecule has 1 aromatic heterocycles. The Bertz CT molecular complexity index is 799. The van der Waals surface area contributed by atoms with Crippen LogP contribution in [-0.4, -0.2) is 52.0 Å². The van der Waals surface area contributed by atoms with Gasteiger partial charge < -0.3 is 19.5 Å². The zero-order valence-electron chi connectivity index (χ0n) is 16.5. The number of carbonyl (C=O) groups is 1. The quantitative estimate of drug-likeness (QED) is 0.799. The minimum atomic E-state index is -4.44. The van der Waals surface area contributed by atoms with Crippen molar-refractivity contribution in [2.75, 3.05) is 13.1 Å². The van der Waals surface area contributed by atoms with Crippen molar-refractivity contribution in [2.24, 2.45) is 17.8 Å². The van der Waals surface area contributed by atoms with Gasteiger partial charge in [0, 0.05) is 25.2 Å². The SMILES string of the molecule is O=C(O[C@H]1C2CC3CC1C[C@](O)(C3)C2)N1CC[C@@H](Oc2ccc(C(F)(F)F)cn2)C1. The van der Waals surface area contributed by atoms with Crippen LogP contribution in [-0.2, 0) is 10.9 Å². The van der Waals surface area contributed by atoms with Gasteiger partial charge in [-0.25, -0.2) is 9.78 Å². The number of halogens is 3. The first-order valence-electron chi connectivity index (χ1n) is 10.6. The molecule has 0 aromatic carbocycles. The highest BCUT2D eigenvalue weighted by molar-refractivity contribution is 5.68. The van der Waals surface area contributed by atoms with E-state index in [2.05, 4.69) is 4.98 Å². The summed E-state index contributed by atoms with van der Waals surface area (Å²) in [5.41, 5.74) is -1.40. The van der Waals surface area contributed by atoms with Crippen LogP contribution in [0.5, 0.6) is 5.88 Å². The lowest BCUT2D eigenvalue weighted by Gasteiger charge is -2.57. The molecule has 3 atom stereocenters. The summed E-state index contributed by atoms with van der Waals surface area (Å²) in [5, 5.41) is 10.7. The Balaban J connectivity index is 1.15. The molecule has 5 aliphatic rings. The van der Waals surface area contributed by atoms with Gasteiger partial charge in [0.25, 0.3) is 0 Å². The van der Waals surface area contributed by atoms with E-state index < -0.39 is 17.3 Å². The molecule has 6 nitrogen and oxygen atoms in total. The molecule has 2 unspecified atom stereocenters. The average Bonchev–Trinajstić information content (AvgIpc) is 3.11. The molecule has 30 heavy (non-hydrogen) atoms. The van der Waals surface area contributed by atoms with Gasteiger partial charge in [0.1, 0.15) is 12.2 Å². The first kappa shape index (κ1) is 19.9. The first-order chi connectivity index (χ1) is 14.2. The van der Waals surface area contributed by atoms with E-state index in [4.69, 9.17) is 9.47 Å². The number of rotatable bonds is 3. The third kappa shape index (κ3) is 3.72. The zero-order valence-corrected chi connectivity index (χ0v) is 16.5. The molecular formula is C21H25F3N2O4. The summed E-state index contributed by atoms with van der Waals surface area (Å²) in [6, 6.07) is 2.13. The van der Waals surface area contributed by atoms with Crippen LogP contribution in [0.4, 0.5) is 18.0 Å². The van der Waals surface area contributed by atoms with E-state index in [9.17, 15) is 23.1 Å². The summed E-state index contributed by atoms with van der Waals surface area (Å²) < 4.78 is 49.4. The van der Waals surface area contributed by atoms with Crippen LogP contribution in [0.1, 0.15) is 44.1 Å². The number of hydrogen-bond donors (Lipinski definition) is 1. The third-order valence-corrected chi connectivity index (χ3v) is 7.15. The van der Waals surface area contributed by atoms with E-state index in [1.807, 2.05) is 0 Å². The standard InChI is InChI=1S/C21H25F3N2O4/c22-21(23,24)15-1-2-17(25-10-15)29-16-3-4-26(11-16)19(27)30-18-13-5-12-6-14(18)9-20(28,7-12)8-13/h1-2,10,12-14,16,18,28H,3-9,11H2/t12?,13?,14?,16-,18-,20-/m1/s1. The molecule has 2 heterocycles. The Hall–Kier alpha value is -2.03. The fourth-order valence-electron chi connectivity index (χ4n) is 6.10. The molecule has 5 fully saturated rings. The number of aliphatic hydroxyl groups is 1. The number of nitrogens with zero attached hydrogens (tertiary/aromatic N) is 2. The molecule has 1 N–H and O–H groups in total. The van der Waals surface area contributed by atoms with Crippen LogP contribution in [0.25, 0.3) is 0 Å². The Morgan fingerprint density at radius 1 is 1.20 bits per heavy atom. The van der Waals surface area contributed by atoms with Crippen molar-refractivity contribution in [2.45, 2.75) is 62.5 Å². The zero-order chi connectivity index (χ0) is 21.1. The van der Waals surface area contributed by atoms with Crippen molar-refractivity contribution in [3.8, 4) is 5.88 Å². The Kier molecular flexibility index (Phi) is 4.65. The maximum Gasteiger partial charge on any atom is 0.417 e. The summed E-state index contributed by atoms with van der Waals surface area (Å²) in [6.45, 7) is 0.787. The monoisotopic (exact) mass is 426 g/mol. The normalized spacial score (nSPS) is 37.5. The molecule has 9 heteroatoms. The van der Waals surface area contributed by atoms with Crippen LogP contribution in [0.15, 0.2) is 18.3 Å². The topological polar surface area (TPSA) is 71.9 Å². The van der Waals surface area contributed by atoms with Gasteiger partial charge in [0.2, 0.25) is 5.88 Å². The van der Waals surface area contributed by atoms with Gasteiger partial charge >= 0.3 is 12.3 Å². The van der Waals surface area contributed by atoms with Crippen molar-refractivity contribution < 1.29 is 32.5 Å². The molecule has 1 saturated heterocycles. The van der Waals surface area contributed by atoms with Gasteiger partial charge in [0.05, 0.1) is 17.7 Å². The number of alkyl halides is 3. The highest BCUT2D eigenvalue weighted by Crippen LogP contribution is 2.56. The number of amides is 1. The van der Waals surface area contributed by atoms with Gasteiger partial charge in [-0.05, 0) is 55.9 Å². The number of hydrogen-bond acceptors (Lipinski definition) is 5. The molecule has 4 saturated carbocycles. The molecular weight excluding hydrogens is 401 g/mol. The molecule has 6 rings (SSSR count). The molecule has 1 aliphatic heterocycles. The average molecular weight is 426 g/mol. The highest BCUT2D eigenvalue weighted by Gasteiger charge is 2.56. The molecule has 164 valence electrons. The lowest BCUT2D eigenvalue weighted by atomic mass is 9.53.